The molecule has 0 spiro atoms. The van der Waals surface area contributed by atoms with Crippen molar-refractivity contribution in [3.63, 3.8) is 0 Å². The number of rotatable bonds is 8. The fourth-order valence-electron chi connectivity index (χ4n) is 2.65. The highest BCUT2D eigenvalue weighted by Crippen LogP contribution is 2.25. The molecule has 0 fully saturated rings. The number of aromatic nitrogens is 2. The summed E-state index contributed by atoms with van der Waals surface area (Å²) in [6, 6.07) is 16.0. The number of carbonyl (C=O) groups is 1. The minimum Gasteiger partial charge on any atom is -0.463 e. The zero-order valence-corrected chi connectivity index (χ0v) is 17.0. The number of hydrogen-bond donors (Lipinski definition) is 1. The Hall–Kier alpha value is -2.67. The number of benzene rings is 2. The Labute approximate surface area is 171 Å². The molecule has 0 aliphatic carbocycles. The van der Waals surface area contributed by atoms with Gasteiger partial charge in [0.2, 0.25) is 5.88 Å². The van der Waals surface area contributed by atoms with Gasteiger partial charge in [0.15, 0.2) is 6.10 Å². The highest BCUT2D eigenvalue weighted by molar-refractivity contribution is 9.10. The van der Waals surface area contributed by atoms with E-state index in [2.05, 4.69) is 26.3 Å². The molecule has 1 N–H and O–H groups in total. The standard InChI is InChI=1S/C21H21BrFN3O2/c1-15(20(27)24-13-5-6-16-9-11-17(23)12-10-16)28-21-19(22)14-26(25-21)18-7-3-2-4-8-18/h2-4,7-12,14-15H,5-6,13H2,1H3,(H,24,27)/t15-/m0/s1. The lowest BCUT2D eigenvalue weighted by Crippen LogP contribution is -2.37. The number of halogens is 2. The summed E-state index contributed by atoms with van der Waals surface area (Å²) < 4.78 is 21.0. The summed E-state index contributed by atoms with van der Waals surface area (Å²) in [6.45, 7) is 2.20. The molecule has 0 radical (unpaired) electrons. The minimum atomic E-state index is -0.679. The van der Waals surface area contributed by atoms with Crippen molar-refractivity contribution < 1.29 is 13.9 Å². The van der Waals surface area contributed by atoms with E-state index in [1.165, 1.54) is 12.1 Å². The van der Waals surface area contributed by atoms with Crippen LogP contribution in [0.25, 0.3) is 5.69 Å². The SMILES string of the molecule is C[C@H](Oc1nn(-c2ccccc2)cc1Br)C(=O)NCCCc1ccc(F)cc1. The molecule has 0 aliphatic rings. The minimum absolute atomic E-state index is 0.208. The summed E-state index contributed by atoms with van der Waals surface area (Å²) in [4.78, 5) is 12.3. The van der Waals surface area contributed by atoms with Crippen LogP contribution in [0, 0.1) is 5.82 Å². The van der Waals surface area contributed by atoms with E-state index in [1.54, 1.807) is 29.9 Å². The third kappa shape index (κ3) is 5.42. The second-order valence-electron chi connectivity index (χ2n) is 6.34. The largest absolute Gasteiger partial charge is 0.463 e. The zero-order chi connectivity index (χ0) is 19.9. The van der Waals surface area contributed by atoms with E-state index in [-0.39, 0.29) is 11.7 Å². The summed E-state index contributed by atoms with van der Waals surface area (Å²) in [5.41, 5.74) is 1.94. The van der Waals surface area contributed by atoms with Gasteiger partial charge in [0.25, 0.3) is 5.91 Å². The number of para-hydroxylation sites is 1. The number of aryl methyl sites for hydroxylation is 1. The Kier molecular flexibility index (Phi) is 6.81. The fourth-order valence-corrected chi connectivity index (χ4v) is 3.02. The lowest BCUT2D eigenvalue weighted by molar-refractivity contribution is -0.127. The number of carbonyl (C=O) groups excluding carboxylic acids is 1. The van der Waals surface area contributed by atoms with Gasteiger partial charge in [-0.25, -0.2) is 9.07 Å². The highest BCUT2D eigenvalue weighted by atomic mass is 79.9. The predicted molar refractivity (Wildman–Crippen MR) is 109 cm³/mol. The van der Waals surface area contributed by atoms with E-state index in [0.29, 0.717) is 16.9 Å². The van der Waals surface area contributed by atoms with Crippen LogP contribution in [0.1, 0.15) is 18.9 Å². The van der Waals surface area contributed by atoms with Gasteiger partial charge in [-0.05, 0) is 65.5 Å². The second kappa shape index (κ2) is 9.50. The first-order valence-corrected chi connectivity index (χ1v) is 9.81. The number of nitrogens with zero attached hydrogens (tertiary/aromatic N) is 2. The molecule has 28 heavy (non-hydrogen) atoms. The molecule has 0 saturated carbocycles. The molecule has 1 amide bonds. The van der Waals surface area contributed by atoms with Crippen LogP contribution in [0.2, 0.25) is 0 Å². The number of nitrogens with one attached hydrogen (secondary N) is 1. The van der Waals surface area contributed by atoms with E-state index < -0.39 is 6.10 Å². The molecule has 7 heteroatoms. The number of ether oxygens (including phenoxy) is 1. The molecule has 0 aliphatic heterocycles. The fraction of sp³-hybridized carbons (Fsp3) is 0.238. The van der Waals surface area contributed by atoms with Crippen molar-refractivity contribution in [3.05, 3.63) is 76.6 Å². The summed E-state index contributed by atoms with van der Waals surface area (Å²) in [6.07, 6.45) is 2.64. The molecule has 0 saturated heterocycles. The van der Waals surface area contributed by atoms with Gasteiger partial charge in [0.05, 0.1) is 10.2 Å². The van der Waals surface area contributed by atoms with Crippen molar-refractivity contribution in [1.82, 2.24) is 15.1 Å². The third-order valence-electron chi connectivity index (χ3n) is 4.17. The lowest BCUT2D eigenvalue weighted by atomic mass is 10.1. The first kappa shape index (κ1) is 20.1. The maximum atomic E-state index is 12.9. The van der Waals surface area contributed by atoms with Gasteiger partial charge in [-0.2, -0.15) is 0 Å². The van der Waals surface area contributed by atoms with E-state index >= 15 is 0 Å². The molecular weight excluding hydrogens is 425 g/mol. The quantitative estimate of drug-likeness (QED) is 0.526. The van der Waals surface area contributed by atoms with Crippen LogP contribution in [0.5, 0.6) is 5.88 Å². The van der Waals surface area contributed by atoms with Crippen LogP contribution in [-0.2, 0) is 11.2 Å². The Morgan fingerprint density at radius 3 is 2.64 bits per heavy atom. The average Bonchev–Trinajstić information content (AvgIpc) is 3.07. The summed E-state index contributed by atoms with van der Waals surface area (Å²) in [5, 5.41) is 7.24. The van der Waals surface area contributed by atoms with Gasteiger partial charge in [-0.15, -0.1) is 5.10 Å². The smallest absolute Gasteiger partial charge is 0.260 e. The molecule has 3 aromatic rings. The van der Waals surface area contributed by atoms with Crippen LogP contribution in [-0.4, -0.2) is 28.3 Å². The zero-order valence-electron chi connectivity index (χ0n) is 15.4. The van der Waals surface area contributed by atoms with Crippen molar-refractivity contribution >= 4 is 21.8 Å². The molecule has 2 aromatic carbocycles. The lowest BCUT2D eigenvalue weighted by Gasteiger charge is -2.13. The van der Waals surface area contributed by atoms with Crippen LogP contribution >= 0.6 is 15.9 Å². The first-order chi connectivity index (χ1) is 13.5. The van der Waals surface area contributed by atoms with Crippen molar-refractivity contribution in [2.75, 3.05) is 6.54 Å². The molecule has 0 bridgehead atoms. The molecule has 1 heterocycles. The van der Waals surface area contributed by atoms with Crippen molar-refractivity contribution in [3.8, 4) is 11.6 Å². The van der Waals surface area contributed by atoms with Crippen LogP contribution in [0.4, 0.5) is 4.39 Å². The van der Waals surface area contributed by atoms with Crippen molar-refractivity contribution in [1.29, 1.82) is 0 Å². The van der Waals surface area contributed by atoms with E-state index in [0.717, 1.165) is 24.1 Å². The third-order valence-corrected chi connectivity index (χ3v) is 4.72. The van der Waals surface area contributed by atoms with Crippen LogP contribution in [0.15, 0.2) is 65.3 Å². The van der Waals surface area contributed by atoms with Gasteiger partial charge in [0, 0.05) is 12.7 Å². The van der Waals surface area contributed by atoms with Crippen LogP contribution in [0.3, 0.4) is 0 Å². The predicted octanol–water partition coefficient (Wildman–Crippen LogP) is 4.29. The van der Waals surface area contributed by atoms with Crippen molar-refractivity contribution in [2.24, 2.45) is 0 Å². The number of amides is 1. The van der Waals surface area contributed by atoms with Gasteiger partial charge in [-0.1, -0.05) is 30.3 Å². The number of hydrogen-bond acceptors (Lipinski definition) is 3. The van der Waals surface area contributed by atoms with Crippen molar-refractivity contribution in [2.45, 2.75) is 25.9 Å². The Morgan fingerprint density at radius 1 is 1.21 bits per heavy atom. The van der Waals surface area contributed by atoms with E-state index in [4.69, 9.17) is 4.74 Å². The summed E-state index contributed by atoms with van der Waals surface area (Å²) in [7, 11) is 0. The first-order valence-electron chi connectivity index (χ1n) is 9.02. The molecular formula is C21H21BrFN3O2. The van der Waals surface area contributed by atoms with Crippen LogP contribution < -0.4 is 10.1 Å². The maximum absolute atomic E-state index is 12.9. The Balaban J connectivity index is 1.47. The van der Waals surface area contributed by atoms with Gasteiger partial charge in [0.1, 0.15) is 5.82 Å². The summed E-state index contributed by atoms with van der Waals surface area (Å²) in [5.74, 6) is -0.0954. The Morgan fingerprint density at radius 2 is 1.93 bits per heavy atom. The Bertz CT molecular complexity index is 913. The molecule has 3 rings (SSSR count). The summed E-state index contributed by atoms with van der Waals surface area (Å²) >= 11 is 3.42. The normalized spacial score (nSPS) is 11.8. The van der Waals surface area contributed by atoms with Gasteiger partial charge in [-0.3, -0.25) is 4.79 Å². The van der Waals surface area contributed by atoms with Gasteiger partial charge < -0.3 is 10.1 Å². The topological polar surface area (TPSA) is 56.2 Å². The maximum Gasteiger partial charge on any atom is 0.260 e. The molecule has 0 unspecified atom stereocenters. The highest BCUT2D eigenvalue weighted by Gasteiger charge is 2.18. The van der Waals surface area contributed by atoms with E-state index in [9.17, 15) is 9.18 Å². The molecule has 5 nitrogen and oxygen atoms in total. The molecule has 1 aromatic heterocycles. The van der Waals surface area contributed by atoms with Gasteiger partial charge >= 0.3 is 0 Å². The molecule has 1 atom stereocenters. The molecule has 146 valence electrons. The monoisotopic (exact) mass is 445 g/mol. The average molecular weight is 446 g/mol. The van der Waals surface area contributed by atoms with E-state index in [1.807, 2.05) is 30.3 Å². The second-order valence-corrected chi connectivity index (χ2v) is 7.20.